The minimum atomic E-state index is -0.212. The molecule has 1 amide bonds. The molecule has 41 heavy (non-hydrogen) atoms. The number of benzene rings is 1. The van der Waals surface area contributed by atoms with Crippen molar-refractivity contribution in [2.45, 2.75) is 45.6 Å². The summed E-state index contributed by atoms with van der Waals surface area (Å²) in [5.74, 6) is 1.06. The third kappa shape index (κ3) is 5.80. The van der Waals surface area contributed by atoms with E-state index in [1.807, 2.05) is 37.4 Å². The van der Waals surface area contributed by atoms with Gasteiger partial charge in [-0.25, -0.2) is 4.85 Å². The van der Waals surface area contributed by atoms with Gasteiger partial charge in [0, 0.05) is 50.5 Å². The minimum absolute atomic E-state index is 0.0362. The summed E-state index contributed by atoms with van der Waals surface area (Å²) >= 11 is 0. The van der Waals surface area contributed by atoms with Gasteiger partial charge in [-0.15, -0.1) is 0 Å². The highest BCUT2D eigenvalue weighted by atomic mass is 16.5. The fourth-order valence-electron chi connectivity index (χ4n) is 5.10. The minimum Gasteiger partial charge on any atom is -0.501 e. The number of likely N-dealkylation sites (N-methyl/N-ethyl adjacent to an activating group) is 1. The Bertz CT molecular complexity index is 1610. The Morgan fingerprint density at radius 1 is 1.20 bits per heavy atom. The third-order valence-electron chi connectivity index (χ3n) is 7.36. The van der Waals surface area contributed by atoms with Gasteiger partial charge in [0.2, 0.25) is 5.69 Å². The van der Waals surface area contributed by atoms with E-state index in [2.05, 4.69) is 28.7 Å². The van der Waals surface area contributed by atoms with Crippen molar-refractivity contribution in [2.75, 3.05) is 33.4 Å². The molecule has 0 atom stereocenters. The van der Waals surface area contributed by atoms with Crippen molar-refractivity contribution in [1.82, 2.24) is 14.9 Å². The number of ether oxygens (including phenoxy) is 2. The molecule has 0 aliphatic carbocycles. The number of aliphatic hydroxyl groups excluding tert-OH is 1. The van der Waals surface area contributed by atoms with E-state index in [0.29, 0.717) is 52.8 Å². The average Bonchev–Trinajstić information content (AvgIpc) is 3.41. The van der Waals surface area contributed by atoms with Gasteiger partial charge in [0.15, 0.2) is 11.3 Å². The maximum Gasteiger partial charge on any atom is 0.255 e. The first-order valence-electron chi connectivity index (χ1n) is 13.8. The molecule has 4 aromatic rings. The average molecular weight is 555 g/mol. The number of carbonyl (C=O) groups is 1. The fourth-order valence-corrected chi connectivity index (χ4v) is 5.10. The van der Waals surface area contributed by atoms with Crippen molar-refractivity contribution >= 4 is 22.7 Å². The molecule has 0 unspecified atom stereocenters. The van der Waals surface area contributed by atoms with Crippen LogP contribution in [0.1, 0.15) is 54.1 Å². The standard InChI is InChI=1S/C32H34N4O5/c1-19(2)24-18-34-26-16-28(30-20(3)14-22(17-35-30)32(38)36(5)10-11-37)41-31(26)29(24)21-6-7-27(25(15-21)33-4)40-23-8-12-39-13-9-23/h6-7,14-19,23,37H,8-13H2,1-3,5H3. The van der Waals surface area contributed by atoms with Gasteiger partial charge in [0.05, 0.1) is 32.0 Å². The third-order valence-corrected chi connectivity index (χ3v) is 7.36. The van der Waals surface area contributed by atoms with Crippen LogP contribution in [0.5, 0.6) is 5.75 Å². The Kier molecular flexibility index (Phi) is 8.34. The van der Waals surface area contributed by atoms with E-state index >= 15 is 0 Å². The predicted octanol–water partition coefficient (Wildman–Crippen LogP) is 6.16. The number of amides is 1. The highest BCUT2D eigenvalue weighted by molar-refractivity contribution is 5.96. The van der Waals surface area contributed by atoms with E-state index in [0.717, 1.165) is 35.1 Å². The molecular formula is C32H34N4O5. The Balaban J connectivity index is 1.55. The monoisotopic (exact) mass is 554 g/mol. The molecule has 0 spiro atoms. The summed E-state index contributed by atoms with van der Waals surface area (Å²) in [5.41, 5.74) is 6.31. The van der Waals surface area contributed by atoms with E-state index in [1.165, 1.54) is 11.1 Å². The molecule has 0 radical (unpaired) electrons. The zero-order valence-corrected chi connectivity index (χ0v) is 23.8. The Morgan fingerprint density at radius 2 is 1.98 bits per heavy atom. The lowest BCUT2D eigenvalue weighted by atomic mass is 9.93. The van der Waals surface area contributed by atoms with Gasteiger partial charge in [-0.1, -0.05) is 19.9 Å². The van der Waals surface area contributed by atoms with Gasteiger partial charge in [-0.05, 0) is 47.7 Å². The number of aryl methyl sites for hydroxylation is 1. The van der Waals surface area contributed by atoms with Crippen LogP contribution in [-0.4, -0.2) is 65.4 Å². The largest absolute Gasteiger partial charge is 0.501 e. The molecule has 0 bridgehead atoms. The second kappa shape index (κ2) is 12.1. The number of furan rings is 1. The van der Waals surface area contributed by atoms with Crippen LogP contribution in [0.2, 0.25) is 0 Å². The molecule has 4 heterocycles. The molecule has 5 rings (SSSR count). The molecule has 0 saturated carbocycles. The van der Waals surface area contributed by atoms with Crippen LogP contribution in [0.4, 0.5) is 5.69 Å². The van der Waals surface area contributed by atoms with Gasteiger partial charge in [-0.3, -0.25) is 14.8 Å². The van der Waals surface area contributed by atoms with Crippen molar-refractivity contribution < 1.29 is 23.8 Å². The molecule has 1 aliphatic heterocycles. The van der Waals surface area contributed by atoms with Crippen molar-refractivity contribution in [2.24, 2.45) is 0 Å². The zero-order chi connectivity index (χ0) is 29.1. The highest BCUT2D eigenvalue weighted by Crippen LogP contribution is 2.42. The fraction of sp³-hybridized carbons (Fsp3) is 0.375. The number of aromatic nitrogens is 2. The predicted molar refractivity (Wildman–Crippen MR) is 156 cm³/mol. The number of rotatable bonds is 8. The van der Waals surface area contributed by atoms with E-state index < -0.39 is 0 Å². The molecular weight excluding hydrogens is 520 g/mol. The van der Waals surface area contributed by atoms with Crippen LogP contribution in [0.25, 0.3) is 38.5 Å². The summed E-state index contributed by atoms with van der Waals surface area (Å²) in [7, 11) is 1.64. The zero-order valence-electron chi connectivity index (χ0n) is 23.8. The normalized spacial score (nSPS) is 13.9. The summed E-state index contributed by atoms with van der Waals surface area (Å²) in [4.78, 5) is 27.2. The maximum absolute atomic E-state index is 12.7. The molecule has 9 heteroatoms. The molecule has 3 aromatic heterocycles. The highest BCUT2D eigenvalue weighted by Gasteiger charge is 2.23. The quantitative estimate of drug-likeness (QED) is 0.260. The smallest absolute Gasteiger partial charge is 0.255 e. The van der Waals surface area contributed by atoms with E-state index in [-0.39, 0.29) is 31.1 Å². The maximum atomic E-state index is 12.7. The van der Waals surface area contributed by atoms with Gasteiger partial charge < -0.3 is 23.9 Å². The van der Waals surface area contributed by atoms with Crippen molar-refractivity contribution in [1.29, 1.82) is 0 Å². The molecule has 9 nitrogen and oxygen atoms in total. The van der Waals surface area contributed by atoms with E-state index in [1.54, 1.807) is 13.1 Å². The van der Waals surface area contributed by atoms with Gasteiger partial charge in [0.1, 0.15) is 23.1 Å². The Hall–Kier alpha value is -4.26. The number of aliphatic hydroxyl groups is 1. The van der Waals surface area contributed by atoms with Gasteiger partial charge >= 0.3 is 0 Å². The summed E-state index contributed by atoms with van der Waals surface area (Å²) in [5, 5.41) is 9.16. The Morgan fingerprint density at radius 3 is 2.66 bits per heavy atom. The lowest BCUT2D eigenvalue weighted by Gasteiger charge is -2.24. The van der Waals surface area contributed by atoms with E-state index in [4.69, 9.17) is 25.6 Å². The number of hydrogen-bond donors (Lipinski definition) is 1. The van der Waals surface area contributed by atoms with Crippen molar-refractivity contribution in [3.63, 3.8) is 0 Å². The molecule has 1 saturated heterocycles. The second-order valence-electron chi connectivity index (χ2n) is 10.6. The van der Waals surface area contributed by atoms with E-state index in [9.17, 15) is 4.79 Å². The van der Waals surface area contributed by atoms with Gasteiger partial charge in [0.25, 0.3) is 5.91 Å². The van der Waals surface area contributed by atoms with Crippen LogP contribution in [0.15, 0.2) is 47.1 Å². The van der Waals surface area contributed by atoms with Crippen LogP contribution in [0, 0.1) is 13.5 Å². The first-order chi connectivity index (χ1) is 19.8. The summed E-state index contributed by atoms with van der Waals surface area (Å²) in [6.45, 7) is 15.4. The topological polar surface area (TPSA) is 102 Å². The van der Waals surface area contributed by atoms with Crippen molar-refractivity contribution in [3.05, 3.63) is 70.8 Å². The van der Waals surface area contributed by atoms with Crippen LogP contribution < -0.4 is 4.74 Å². The first kappa shape index (κ1) is 28.3. The summed E-state index contributed by atoms with van der Waals surface area (Å²) < 4.78 is 18.1. The number of hydrogen-bond acceptors (Lipinski definition) is 7. The summed E-state index contributed by atoms with van der Waals surface area (Å²) in [6, 6.07) is 9.33. The van der Waals surface area contributed by atoms with Gasteiger partial charge in [-0.2, -0.15) is 0 Å². The molecule has 212 valence electrons. The Labute approximate surface area is 239 Å². The molecule has 1 aromatic carbocycles. The molecule has 1 fully saturated rings. The molecule has 1 N–H and O–H groups in total. The first-order valence-corrected chi connectivity index (χ1v) is 13.8. The second-order valence-corrected chi connectivity index (χ2v) is 10.6. The number of pyridine rings is 2. The SMILES string of the molecule is [C-]#[N+]c1cc(-c2c(C(C)C)cnc3cc(-c4ncc(C(=O)N(C)CCO)cc4C)oc23)ccc1OC1CCOCC1. The lowest BCUT2D eigenvalue weighted by Crippen LogP contribution is -2.29. The van der Waals surface area contributed by atoms with Crippen LogP contribution >= 0.6 is 0 Å². The lowest BCUT2D eigenvalue weighted by molar-refractivity contribution is 0.0259. The van der Waals surface area contributed by atoms with Crippen LogP contribution in [-0.2, 0) is 4.74 Å². The summed E-state index contributed by atoms with van der Waals surface area (Å²) in [6.07, 6.45) is 5.04. The van der Waals surface area contributed by atoms with Crippen molar-refractivity contribution in [3.8, 4) is 28.3 Å². The number of carbonyl (C=O) groups excluding carboxylic acids is 1. The molecule has 1 aliphatic rings. The number of nitrogens with zero attached hydrogens (tertiary/aromatic N) is 4. The van der Waals surface area contributed by atoms with Crippen LogP contribution in [0.3, 0.4) is 0 Å². The number of fused-ring (bicyclic) bond motifs is 1.